The Balaban J connectivity index is 1.93. The third-order valence-electron chi connectivity index (χ3n) is 3.77. The van der Waals surface area contributed by atoms with Crippen LogP contribution in [0.4, 0.5) is 11.4 Å². The molecule has 2 aromatic rings. The van der Waals surface area contributed by atoms with Crippen LogP contribution < -0.4 is 5.43 Å². The first-order valence-corrected chi connectivity index (χ1v) is 6.86. The van der Waals surface area contributed by atoms with Gasteiger partial charge in [-0.2, -0.15) is 0 Å². The highest BCUT2D eigenvalue weighted by Gasteiger charge is 2.17. The largest absolute Gasteiger partial charge is 0.318 e. The predicted molar refractivity (Wildman–Crippen MR) is 81.1 cm³/mol. The van der Waals surface area contributed by atoms with Crippen molar-refractivity contribution in [3.63, 3.8) is 0 Å². The van der Waals surface area contributed by atoms with E-state index >= 15 is 0 Å². The normalized spacial score (nSPS) is 17.0. The average molecular weight is 287 g/mol. The number of likely N-dealkylation sites (N-methyl/N-ethyl adjacent to an activating group) is 1. The molecule has 0 atom stereocenters. The lowest BCUT2D eigenvalue weighted by atomic mass is 10.1. The molecule has 3 rings (SSSR count). The fraction of sp³-hybridized carbons (Fsp3) is 0.357. The van der Waals surface area contributed by atoms with Gasteiger partial charge >= 0.3 is 0 Å². The molecule has 1 saturated heterocycles. The van der Waals surface area contributed by atoms with Crippen LogP contribution in [-0.4, -0.2) is 53.0 Å². The van der Waals surface area contributed by atoms with Crippen LogP contribution >= 0.6 is 0 Å². The van der Waals surface area contributed by atoms with Gasteiger partial charge < -0.3 is 10.3 Å². The quantitative estimate of drug-likeness (QED) is 0.684. The Morgan fingerprint density at radius 2 is 1.95 bits per heavy atom. The molecule has 1 aliphatic rings. The SMILES string of the molecule is CN1CCN(Nc2ccc([N+](=O)[O-])c3ccncc23)CC1. The summed E-state index contributed by atoms with van der Waals surface area (Å²) in [5.74, 6) is 0. The van der Waals surface area contributed by atoms with Crippen LogP contribution in [0, 0.1) is 10.1 Å². The van der Waals surface area contributed by atoms with E-state index in [4.69, 9.17) is 0 Å². The second kappa shape index (κ2) is 5.63. The van der Waals surface area contributed by atoms with Crippen LogP contribution in [0.2, 0.25) is 0 Å². The van der Waals surface area contributed by atoms with Gasteiger partial charge in [-0.3, -0.25) is 15.1 Å². The van der Waals surface area contributed by atoms with Crippen molar-refractivity contribution in [3.8, 4) is 0 Å². The number of nitrogens with one attached hydrogen (secondary N) is 1. The van der Waals surface area contributed by atoms with Crippen molar-refractivity contribution in [2.75, 3.05) is 38.7 Å². The lowest BCUT2D eigenvalue weighted by Crippen LogP contribution is -2.46. The summed E-state index contributed by atoms with van der Waals surface area (Å²) in [6, 6.07) is 4.98. The molecular formula is C14H17N5O2. The van der Waals surface area contributed by atoms with E-state index in [1.165, 1.54) is 0 Å². The van der Waals surface area contributed by atoms with E-state index in [1.807, 2.05) is 0 Å². The van der Waals surface area contributed by atoms with E-state index in [0.29, 0.717) is 5.39 Å². The fourth-order valence-corrected chi connectivity index (χ4v) is 2.52. The van der Waals surface area contributed by atoms with Crippen LogP contribution in [-0.2, 0) is 0 Å². The number of anilines is 1. The van der Waals surface area contributed by atoms with E-state index in [-0.39, 0.29) is 10.6 Å². The number of nitro benzene ring substituents is 1. The topological polar surface area (TPSA) is 74.5 Å². The fourth-order valence-electron chi connectivity index (χ4n) is 2.52. The van der Waals surface area contributed by atoms with E-state index in [2.05, 4.69) is 27.4 Å². The van der Waals surface area contributed by atoms with Crippen molar-refractivity contribution < 1.29 is 4.92 Å². The highest BCUT2D eigenvalue weighted by Crippen LogP contribution is 2.30. The molecule has 0 radical (unpaired) electrons. The van der Waals surface area contributed by atoms with Gasteiger partial charge in [-0.25, -0.2) is 5.01 Å². The predicted octanol–water partition coefficient (Wildman–Crippen LogP) is 1.72. The minimum absolute atomic E-state index is 0.108. The molecule has 1 aromatic carbocycles. The molecule has 110 valence electrons. The summed E-state index contributed by atoms with van der Waals surface area (Å²) in [4.78, 5) is 17.1. The number of hydrazine groups is 1. The highest BCUT2D eigenvalue weighted by molar-refractivity contribution is 5.98. The standard InChI is InChI=1S/C14H17N5O2/c1-17-6-8-18(9-7-17)16-13-2-3-14(19(20)21)11-4-5-15-10-12(11)13/h2-5,10,16H,6-9H2,1H3. The first-order chi connectivity index (χ1) is 10.1. The third-order valence-corrected chi connectivity index (χ3v) is 3.77. The summed E-state index contributed by atoms with van der Waals surface area (Å²) in [5, 5.41) is 14.6. The molecule has 0 bridgehead atoms. The summed E-state index contributed by atoms with van der Waals surface area (Å²) >= 11 is 0. The molecule has 21 heavy (non-hydrogen) atoms. The number of aromatic nitrogens is 1. The number of hydrogen-bond donors (Lipinski definition) is 1. The molecule has 0 unspecified atom stereocenters. The molecule has 7 heteroatoms. The number of nitro groups is 1. The molecule has 2 heterocycles. The van der Waals surface area contributed by atoms with Gasteiger partial charge in [0.25, 0.3) is 5.69 Å². The van der Waals surface area contributed by atoms with Crippen molar-refractivity contribution >= 4 is 22.1 Å². The Kier molecular flexibility index (Phi) is 3.68. The Morgan fingerprint density at radius 1 is 1.19 bits per heavy atom. The highest BCUT2D eigenvalue weighted by atomic mass is 16.6. The lowest BCUT2D eigenvalue weighted by Gasteiger charge is -2.33. The van der Waals surface area contributed by atoms with Gasteiger partial charge in [-0.15, -0.1) is 0 Å². The number of benzene rings is 1. The Hall–Kier alpha value is -2.25. The van der Waals surface area contributed by atoms with E-state index in [9.17, 15) is 10.1 Å². The third kappa shape index (κ3) is 2.79. The summed E-state index contributed by atoms with van der Waals surface area (Å²) in [5.41, 5.74) is 4.32. The smallest absolute Gasteiger partial charge is 0.277 e. The number of piperazine rings is 1. The van der Waals surface area contributed by atoms with Crippen molar-refractivity contribution in [2.24, 2.45) is 0 Å². The van der Waals surface area contributed by atoms with Crippen LogP contribution in [0.3, 0.4) is 0 Å². The molecule has 0 aliphatic carbocycles. The molecule has 1 aromatic heterocycles. The maximum absolute atomic E-state index is 11.1. The maximum Gasteiger partial charge on any atom is 0.277 e. The molecule has 0 saturated carbocycles. The minimum Gasteiger partial charge on any atom is -0.318 e. The van der Waals surface area contributed by atoms with Gasteiger partial charge in [0, 0.05) is 50.0 Å². The number of nitrogens with zero attached hydrogens (tertiary/aromatic N) is 4. The van der Waals surface area contributed by atoms with Gasteiger partial charge in [-0.05, 0) is 19.2 Å². The second-order valence-electron chi connectivity index (χ2n) is 5.21. The van der Waals surface area contributed by atoms with E-state index < -0.39 is 0 Å². The zero-order chi connectivity index (χ0) is 14.8. The number of pyridine rings is 1. The molecule has 7 nitrogen and oxygen atoms in total. The lowest BCUT2D eigenvalue weighted by molar-refractivity contribution is -0.383. The minimum atomic E-state index is -0.359. The van der Waals surface area contributed by atoms with Crippen molar-refractivity contribution in [1.82, 2.24) is 14.9 Å². The number of rotatable bonds is 3. The number of fused-ring (bicyclic) bond motifs is 1. The first kappa shape index (κ1) is 13.7. The van der Waals surface area contributed by atoms with Crippen LogP contribution in [0.15, 0.2) is 30.6 Å². The van der Waals surface area contributed by atoms with E-state index in [1.54, 1.807) is 30.6 Å². The van der Waals surface area contributed by atoms with Crippen molar-refractivity contribution in [3.05, 3.63) is 40.7 Å². The molecule has 0 spiro atoms. The Bertz CT molecular complexity index is 667. The average Bonchev–Trinajstić information content (AvgIpc) is 2.49. The summed E-state index contributed by atoms with van der Waals surface area (Å²) in [6.45, 7) is 3.82. The van der Waals surface area contributed by atoms with Gasteiger partial charge in [0.15, 0.2) is 0 Å². The number of hydrogen-bond acceptors (Lipinski definition) is 6. The first-order valence-electron chi connectivity index (χ1n) is 6.86. The molecule has 1 fully saturated rings. The van der Waals surface area contributed by atoms with Crippen LogP contribution in [0.1, 0.15) is 0 Å². The van der Waals surface area contributed by atoms with Crippen molar-refractivity contribution in [2.45, 2.75) is 0 Å². The van der Waals surface area contributed by atoms with Gasteiger partial charge in [0.05, 0.1) is 16.0 Å². The second-order valence-corrected chi connectivity index (χ2v) is 5.21. The summed E-state index contributed by atoms with van der Waals surface area (Å²) < 4.78 is 0. The van der Waals surface area contributed by atoms with Crippen LogP contribution in [0.5, 0.6) is 0 Å². The molecular weight excluding hydrogens is 270 g/mol. The summed E-state index contributed by atoms with van der Waals surface area (Å²) in [6.07, 6.45) is 3.25. The van der Waals surface area contributed by atoms with E-state index in [0.717, 1.165) is 37.3 Å². The van der Waals surface area contributed by atoms with Crippen molar-refractivity contribution in [1.29, 1.82) is 0 Å². The molecule has 1 aliphatic heterocycles. The molecule has 0 amide bonds. The summed E-state index contributed by atoms with van der Waals surface area (Å²) in [7, 11) is 2.10. The Labute approximate surface area is 122 Å². The van der Waals surface area contributed by atoms with Gasteiger partial charge in [-0.1, -0.05) is 0 Å². The zero-order valence-corrected chi connectivity index (χ0v) is 11.8. The maximum atomic E-state index is 11.1. The van der Waals surface area contributed by atoms with Crippen LogP contribution in [0.25, 0.3) is 10.8 Å². The van der Waals surface area contributed by atoms with Gasteiger partial charge in [0.1, 0.15) is 0 Å². The zero-order valence-electron chi connectivity index (χ0n) is 11.8. The molecule has 1 N–H and O–H groups in total. The monoisotopic (exact) mass is 287 g/mol. The van der Waals surface area contributed by atoms with Gasteiger partial charge in [0.2, 0.25) is 0 Å². The number of non-ortho nitro benzene ring substituents is 1. The Morgan fingerprint density at radius 3 is 2.67 bits per heavy atom.